The van der Waals surface area contributed by atoms with Crippen LogP contribution in [0.5, 0.6) is 0 Å². The maximum Gasteiger partial charge on any atom is 0.214 e. The lowest BCUT2D eigenvalue weighted by Crippen LogP contribution is -2.15. The summed E-state index contributed by atoms with van der Waals surface area (Å²) in [5.41, 5.74) is 1.12. The van der Waals surface area contributed by atoms with E-state index in [1.54, 1.807) is 17.5 Å². The molecule has 1 radical (unpaired) electrons. The Hall–Kier alpha value is -1.26. The Morgan fingerprint density at radius 1 is 1.12 bits per heavy atom. The Labute approximate surface area is 101 Å². The van der Waals surface area contributed by atoms with Gasteiger partial charge < -0.3 is 0 Å². The minimum absolute atomic E-state index is 0.00213. The Bertz CT molecular complexity index is 556. The van der Waals surface area contributed by atoms with E-state index < -0.39 is 0 Å². The number of rotatable bonds is 1. The van der Waals surface area contributed by atoms with Crippen molar-refractivity contribution in [2.75, 3.05) is 0 Å². The molecular weight excluding hydrogens is 240 g/mol. The van der Waals surface area contributed by atoms with Crippen molar-refractivity contribution in [2.24, 2.45) is 0 Å². The smallest absolute Gasteiger partial charge is 0.214 e. The number of hydrogen-bond acceptors (Lipinski definition) is 4. The van der Waals surface area contributed by atoms with Gasteiger partial charge in [-0.1, -0.05) is 6.92 Å². The Morgan fingerprint density at radius 2 is 1.94 bits per heavy atom. The molecule has 0 unspecified atom stereocenters. The van der Waals surface area contributed by atoms with E-state index in [0.717, 1.165) is 4.88 Å². The van der Waals surface area contributed by atoms with Gasteiger partial charge in [-0.3, -0.25) is 9.59 Å². The van der Waals surface area contributed by atoms with Crippen LogP contribution in [0.3, 0.4) is 0 Å². The molecule has 0 aromatic carbocycles. The molecule has 2 aromatic heterocycles. The molecule has 0 amide bonds. The normalized spacial score (nSPS) is 13.8. The number of hydrogen-bond donors (Lipinski definition) is 0. The van der Waals surface area contributed by atoms with Crippen molar-refractivity contribution in [1.29, 1.82) is 0 Å². The van der Waals surface area contributed by atoms with Crippen LogP contribution in [0.15, 0.2) is 17.5 Å². The molecule has 1 aliphatic rings. The van der Waals surface area contributed by atoms with Gasteiger partial charge in [-0.2, -0.15) is 0 Å². The Morgan fingerprint density at radius 3 is 2.69 bits per heavy atom. The van der Waals surface area contributed by atoms with Gasteiger partial charge in [-0.05, 0) is 23.9 Å². The van der Waals surface area contributed by atoms with Crippen molar-refractivity contribution in [3.8, 4) is 0 Å². The quantitative estimate of drug-likeness (QED) is 0.662. The van der Waals surface area contributed by atoms with Crippen LogP contribution in [0, 0.1) is 6.42 Å². The lowest BCUT2D eigenvalue weighted by atomic mass is 9.95. The van der Waals surface area contributed by atoms with Crippen molar-refractivity contribution in [3.63, 3.8) is 0 Å². The molecule has 3 rings (SSSR count). The van der Waals surface area contributed by atoms with Crippen LogP contribution in [0.25, 0.3) is 0 Å². The fourth-order valence-electron chi connectivity index (χ4n) is 1.80. The van der Waals surface area contributed by atoms with E-state index in [1.165, 1.54) is 22.7 Å². The molecule has 2 heterocycles. The molecule has 0 N–H and O–H groups in total. The topological polar surface area (TPSA) is 34.1 Å². The monoisotopic (exact) mass is 247 g/mol. The van der Waals surface area contributed by atoms with Crippen molar-refractivity contribution < 1.29 is 9.59 Å². The zero-order valence-electron chi connectivity index (χ0n) is 8.44. The van der Waals surface area contributed by atoms with E-state index in [1.807, 2.05) is 13.3 Å². The van der Waals surface area contributed by atoms with E-state index in [4.69, 9.17) is 0 Å². The van der Waals surface area contributed by atoms with E-state index in [9.17, 15) is 9.59 Å². The standard InChI is InChI=1S/C12H7O2S2/c1-2-6-5-8-9(13)7-3-4-15-11(7)10(14)12(8)16-6/h2-5H,1H3. The average molecular weight is 247 g/mol. The first-order valence-corrected chi connectivity index (χ1v) is 6.52. The largest absolute Gasteiger partial charge is 0.288 e. The minimum Gasteiger partial charge on any atom is -0.288 e. The second kappa shape index (κ2) is 3.37. The van der Waals surface area contributed by atoms with Crippen LogP contribution in [0.1, 0.15) is 42.3 Å². The molecule has 1 aliphatic carbocycles. The van der Waals surface area contributed by atoms with Crippen molar-refractivity contribution in [1.82, 2.24) is 0 Å². The van der Waals surface area contributed by atoms with Crippen LogP contribution >= 0.6 is 22.7 Å². The third-order valence-electron chi connectivity index (χ3n) is 2.60. The first-order chi connectivity index (χ1) is 7.72. The third-order valence-corrected chi connectivity index (χ3v) is 4.71. The number of thiophene rings is 2. The van der Waals surface area contributed by atoms with Gasteiger partial charge in [0.05, 0.1) is 9.75 Å². The summed E-state index contributed by atoms with van der Waals surface area (Å²) in [6, 6.07) is 3.54. The van der Waals surface area contributed by atoms with E-state index in [2.05, 4.69) is 0 Å². The second-order valence-corrected chi connectivity index (χ2v) is 5.50. The predicted molar refractivity (Wildman–Crippen MR) is 64.6 cm³/mol. The summed E-state index contributed by atoms with van der Waals surface area (Å²) in [6.07, 6.45) is 1.91. The van der Waals surface area contributed by atoms with Gasteiger partial charge >= 0.3 is 0 Å². The molecule has 4 heteroatoms. The van der Waals surface area contributed by atoms with E-state index in [-0.39, 0.29) is 11.6 Å². The molecule has 0 atom stereocenters. The molecule has 0 fully saturated rings. The summed E-state index contributed by atoms with van der Waals surface area (Å²) >= 11 is 2.74. The summed E-state index contributed by atoms with van der Waals surface area (Å²) in [7, 11) is 0. The molecule has 0 saturated heterocycles. The summed E-state index contributed by atoms with van der Waals surface area (Å²) in [4.78, 5) is 26.3. The molecule has 16 heavy (non-hydrogen) atoms. The average Bonchev–Trinajstić information content (AvgIpc) is 2.92. The zero-order valence-corrected chi connectivity index (χ0v) is 10.1. The van der Waals surface area contributed by atoms with E-state index in [0.29, 0.717) is 20.9 Å². The zero-order chi connectivity index (χ0) is 11.3. The Kier molecular flexibility index (Phi) is 2.09. The van der Waals surface area contributed by atoms with Crippen LogP contribution in [-0.2, 0) is 0 Å². The second-order valence-electron chi connectivity index (χ2n) is 3.50. The molecular formula is C12H7O2S2. The molecule has 0 spiro atoms. The van der Waals surface area contributed by atoms with Crippen LogP contribution in [0.2, 0.25) is 0 Å². The lowest BCUT2D eigenvalue weighted by Gasteiger charge is -2.08. The van der Waals surface area contributed by atoms with Gasteiger partial charge in [-0.15, -0.1) is 22.7 Å². The highest BCUT2D eigenvalue weighted by Crippen LogP contribution is 2.35. The fourth-order valence-corrected chi connectivity index (χ4v) is 3.69. The Balaban J connectivity index is 2.27. The maximum atomic E-state index is 12.1. The van der Waals surface area contributed by atoms with Crippen molar-refractivity contribution in [2.45, 2.75) is 6.92 Å². The number of carbonyl (C=O) groups excluding carboxylic acids is 2. The van der Waals surface area contributed by atoms with Crippen LogP contribution < -0.4 is 0 Å². The SMILES string of the molecule is C[CH]c1cc2c(s1)C(=O)c1sccc1C2=O. The van der Waals surface area contributed by atoms with Gasteiger partial charge in [0.1, 0.15) is 0 Å². The maximum absolute atomic E-state index is 12.1. The summed E-state index contributed by atoms with van der Waals surface area (Å²) < 4.78 is 0. The molecule has 0 saturated carbocycles. The van der Waals surface area contributed by atoms with E-state index >= 15 is 0 Å². The van der Waals surface area contributed by atoms with Gasteiger partial charge in [-0.25, -0.2) is 0 Å². The molecule has 2 aromatic rings. The van der Waals surface area contributed by atoms with Crippen molar-refractivity contribution >= 4 is 34.2 Å². The summed E-state index contributed by atoms with van der Waals surface area (Å²) in [6.45, 7) is 1.90. The van der Waals surface area contributed by atoms with Gasteiger partial charge in [0.25, 0.3) is 0 Å². The van der Waals surface area contributed by atoms with Gasteiger partial charge in [0, 0.05) is 16.0 Å². The number of carbonyl (C=O) groups is 2. The first-order valence-electron chi connectivity index (χ1n) is 4.82. The molecule has 2 nitrogen and oxygen atoms in total. The van der Waals surface area contributed by atoms with Crippen LogP contribution in [-0.4, -0.2) is 11.6 Å². The summed E-state index contributed by atoms with van der Waals surface area (Å²) in [5, 5.41) is 1.80. The highest BCUT2D eigenvalue weighted by atomic mass is 32.1. The lowest BCUT2D eigenvalue weighted by molar-refractivity contribution is 0.0986. The third kappa shape index (κ3) is 1.17. The highest BCUT2D eigenvalue weighted by Gasteiger charge is 2.32. The molecule has 0 aliphatic heterocycles. The van der Waals surface area contributed by atoms with Crippen molar-refractivity contribution in [3.05, 3.63) is 49.7 Å². The molecule has 0 bridgehead atoms. The highest BCUT2D eigenvalue weighted by molar-refractivity contribution is 7.18. The summed E-state index contributed by atoms with van der Waals surface area (Å²) in [5.74, 6) is -0.0205. The molecule has 79 valence electrons. The van der Waals surface area contributed by atoms with Gasteiger partial charge in [0.15, 0.2) is 5.78 Å². The first kappa shape index (κ1) is 9.93. The van der Waals surface area contributed by atoms with Crippen LogP contribution in [0.4, 0.5) is 0 Å². The number of fused-ring (bicyclic) bond motifs is 2. The number of ketones is 2. The fraction of sp³-hybridized carbons (Fsp3) is 0.0833. The minimum atomic E-state index is -0.0183. The predicted octanol–water partition coefficient (Wildman–Crippen LogP) is 3.16. The van der Waals surface area contributed by atoms with Gasteiger partial charge in [0.2, 0.25) is 5.78 Å².